The normalized spacial score (nSPS) is 13.7. The van der Waals surface area contributed by atoms with Crippen LogP contribution in [-0.4, -0.2) is 13.1 Å². The molecule has 0 fully saturated rings. The Labute approximate surface area is 127 Å². The van der Waals surface area contributed by atoms with E-state index in [-0.39, 0.29) is 6.03 Å². The van der Waals surface area contributed by atoms with Crippen molar-refractivity contribution in [2.24, 2.45) is 0 Å². The summed E-state index contributed by atoms with van der Waals surface area (Å²) in [5.74, 6) is 0.706. The third-order valence-electron chi connectivity index (χ3n) is 3.32. The Bertz CT molecular complexity index is 743. The summed E-state index contributed by atoms with van der Waals surface area (Å²) in [6, 6.07) is 12.2. The van der Waals surface area contributed by atoms with E-state index in [1.165, 1.54) is 4.90 Å². The number of nitrogens with zero attached hydrogens (tertiary/aromatic N) is 1. The number of rotatable bonds is 2. The summed E-state index contributed by atoms with van der Waals surface area (Å²) in [6.45, 7) is 4.04. The smallest absolute Gasteiger partial charge is 0.330 e. The predicted molar refractivity (Wildman–Crippen MR) is 85.0 cm³/mol. The molecule has 1 N–H and O–H groups in total. The Morgan fingerprint density at radius 2 is 2.05 bits per heavy atom. The van der Waals surface area contributed by atoms with Gasteiger partial charge in [-0.15, -0.1) is 0 Å². The maximum absolute atomic E-state index is 12.3. The third-order valence-corrected chi connectivity index (χ3v) is 3.55. The Morgan fingerprint density at radius 3 is 2.76 bits per heavy atom. The lowest BCUT2D eigenvalue weighted by atomic mass is 10.1. The van der Waals surface area contributed by atoms with Crippen molar-refractivity contribution in [1.82, 2.24) is 0 Å². The Morgan fingerprint density at radius 1 is 1.24 bits per heavy atom. The van der Waals surface area contributed by atoms with Crippen molar-refractivity contribution in [3.63, 3.8) is 0 Å². The van der Waals surface area contributed by atoms with E-state index in [9.17, 15) is 4.79 Å². The summed E-state index contributed by atoms with van der Waals surface area (Å²) in [4.78, 5) is 13.8. The highest BCUT2D eigenvalue weighted by atomic mass is 35.5. The van der Waals surface area contributed by atoms with Crippen molar-refractivity contribution < 1.29 is 9.53 Å². The van der Waals surface area contributed by atoms with Crippen LogP contribution in [0.1, 0.15) is 5.56 Å². The minimum Gasteiger partial charge on any atom is -0.497 e. The number of urea groups is 1. The number of hydrogen-bond acceptors (Lipinski definition) is 2. The van der Waals surface area contributed by atoms with E-state index in [4.69, 9.17) is 16.3 Å². The number of hydrogen-bond donors (Lipinski definition) is 1. The largest absolute Gasteiger partial charge is 0.497 e. The van der Waals surface area contributed by atoms with Crippen LogP contribution >= 0.6 is 11.6 Å². The molecule has 106 valence electrons. The van der Waals surface area contributed by atoms with Gasteiger partial charge in [-0.05, 0) is 36.4 Å². The molecule has 0 unspecified atom stereocenters. The molecule has 1 aliphatic rings. The first kappa shape index (κ1) is 13.5. The molecule has 1 aliphatic heterocycles. The van der Waals surface area contributed by atoms with Gasteiger partial charge in [0.05, 0.1) is 24.2 Å². The molecule has 4 nitrogen and oxygen atoms in total. The van der Waals surface area contributed by atoms with Crippen LogP contribution < -0.4 is 15.0 Å². The molecule has 0 saturated carbocycles. The molecule has 3 rings (SSSR count). The van der Waals surface area contributed by atoms with E-state index in [1.54, 1.807) is 37.4 Å². The van der Waals surface area contributed by atoms with Gasteiger partial charge in [0.25, 0.3) is 0 Å². The first-order valence-electron chi connectivity index (χ1n) is 6.34. The second-order valence-corrected chi connectivity index (χ2v) is 5.04. The fraction of sp³-hybridized carbons (Fsp3) is 0.0625. The van der Waals surface area contributed by atoms with Crippen molar-refractivity contribution in [2.75, 3.05) is 17.3 Å². The molecule has 0 saturated heterocycles. The summed E-state index contributed by atoms with van der Waals surface area (Å²) >= 11 is 6.00. The minimum absolute atomic E-state index is 0.264. The lowest BCUT2D eigenvalue weighted by Crippen LogP contribution is -2.37. The minimum atomic E-state index is -0.264. The van der Waals surface area contributed by atoms with Crippen LogP contribution in [0.15, 0.2) is 49.0 Å². The number of carbonyl (C=O) groups excluding carboxylic acids is 1. The van der Waals surface area contributed by atoms with Crippen LogP contribution in [0.5, 0.6) is 5.75 Å². The van der Waals surface area contributed by atoms with Gasteiger partial charge in [-0.3, -0.25) is 4.90 Å². The van der Waals surface area contributed by atoms with Crippen LogP contribution in [0.3, 0.4) is 0 Å². The predicted octanol–water partition coefficient (Wildman–Crippen LogP) is 4.37. The molecule has 0 aliphatic carbocycles. The Balaban J connectivity index is 2.08. The van der Waals surface area contributed by atoms with Crippen LogP contribution in [-0.2, 0) is 0 Å². The number of amides is 2. The van der Waals surface area contributed by atoms with Crippen molar-refractivity contribution >= 4 is 34.7 Å². The van der Waals surface area contributed by atoms with Gasteiger partial charge < -0.3 is 10.1 Å². The van der Waals surface area contributed by atoms with Crippen molar-refractivity contribution in [1.29, 1.82) is 0 Å². The van der Waals surface area contributed by atoms with E-state index in [0.29, 0.717) is 27.8 Å². The summed E-state index contributed by atoms with van der Waals surface area (Å²) in [5.41, 5.74) is 2.77. The zero-order chi connectivity index (χ0) is 15.0. The van der Waals surface area contributed by atoms with Crippen molar-refractivity contribution in [3.8, 4) is 5.75 Å². The summed E-state index contributed by atoms with van der Waals surface area (Å²) in [5, 5.41) is 3.40. The number of methoxy groups -OCH3 is 1. The van der Waals surface area contributed by atoms with Gasteiger partial charge in [0.2, 0.25) is 0 Å². The second kappa shape index (κ2) is 5.14. The summed E-state index contributed by atoms with van der Waals surface area (Å²) < 4.78 is 5.22. The maximum Gasteiger partial charge on any atom is 0.330 e. The van der Waals surface area contributed by atoms with Gasteiger partial charge in [-0.1, -0.05) is 24.2 Å². The number of halogens is 1. The molecule has 0 atom stereocenters. The lowest BCUT2D eigenvalue weighted by Gasteiger charge is -2.31. The van der Waals surface area contributed by atoms with Gasteiger partial charge in [0.15, 0.2) is 0 Å². The molecule has 21 heavy (non-hydrogen) atoms. The quantitative estimate of drug-likeness (QED) is 0.894. The molecule has 2 aromatic rings. The SMILES string of the molecule is C=C1c2cc(OC)ccc2NC(=O)N1c1cccc(Cl)c1. The zero-order valence-electron chi connectivity index (χ0n) is 11.4. The molecule has 1 heterocycles. The zero-order valence-corrected chi connectivity index (χ0v) is 12.1. The Kier molecular flexibility index (Phi) is 3.31. The second-order valence-electron chi connectivity index (χ2n) is 4.60. The summed E-state index contributed by atoms with van der Waals surface area (Å²) in [6.07, 6.45) is 0. The fourth-order valence-corrected chi connectivity index (χ4v) is 2.49. The molecule has 0 spiro atoms. The molecule has 2 aromatic carbocycles. The molecular weight excluding hydrogens is 288 g/mol. The molecule has 0 bridgehead atoms. The summed E-state index contributed by atoms with van der Waals surface area (Å²) in [7, 11) is 1.60. The van der Waals surface area contributed by atoms with Crippen LogP contribution in [0.25, 0.3) is 5.70 Å². The number of carbonyl (C=O) groups is 1. The molecule has 0 radical (unpaired) electrons. The first-order valence-corrected chi connectivity index (χ1v) is 6.72. The molecule has 0 aromatic heterocycles. The highest BCUT2D eigenvalue weighted by molar-refractivity contribution is 6.31. The van der Waals surface area contributed by atoms with Gasteiger partial charge in [-0.2, -0.15) is 0 Å². The number of ether oxygens (including phenoxy) is 1. The lowest BCUT2D eigenvalue weighted by molar-refractivity contribution is 0.259. The number of nitrogens with one attached hydrogen (secondary N) is 1. The average molecular weight is 301 g/mol. The highest BCUT2D eigenvalue weighted by Crippen LogP contribution is 2.37. The van der Waals surface area contributed by atoms with E-state index < -0.39 is 0 Å². The van der Waals surface area contributed by atoms with Crippen molar-refractivity contribution in [2.45, 2.75) is 0 Å². The van der Waals surface area contributed by atoms with Gasteiger partial charge in [0.1, 0.15) is 5.75 Å². The van der Waals surface area contributed by atoms with E-state index in [2.05, 4.69) is 11.9 Å². The van der Waals surface area contributed by atoms with Gasteiger partial charge in [0, 0.05) is 10.6 Å². The molecule has 2 amide bonds. The standard InChI is InChI=1S/C16H13ClN2O2/c1-10-14-9-13(21-2)6-7-15(14)18-16(20)19(10)12-5-3-4-11(17)8-12/h3-9H,1H2,2H3,(H,18,20). The van der Waals surface area contributed by atoms with E-state index >= 15 is 0 Å². The highest BCUT2D eigenvalue weighted by Gasteiger charge is 2.28. The number of benzene rings is 2. The average Bonchev–Trinajstić information content (AvgIpc) is 2.47. The first-order chi connectivity index (χ1) is 10.1. The van der Waals surface area contributed by atoms with Gasteiger partial charge in [-0.25, -0.2) is 4.79 Å². The Hall–Kier alpha value is -2.46. The topological polar surface area (TPSA) is 41.6 Å². The van der Waals surface area contributed by atoms with E-state index in [1.807, 2.05) is 12.1 Å². The number of fused-ring (bicyclic) bond motifs is 1. The maximum atomic E-state index is 12.3. The molecule has 5 heteroatoms. The monoisotopic (exact) mass is 300 g/mol. The third kappa shape index (κ3) is 2.34. The van der Waals surface area contributed by atoms with Crippen LogP contribution in [0.4, 0.5) is 16.2 Å². The van der Waals surface area contributed by atoms with Crippen LogP contribution in [0, 0.1) is 0 Å². The van der Waals surface area contributed by atoms with E-state index in [0.717, 1.165) is 5.56 Å². The number of anilines is 2. The molecular formula is C16H13ClN2O2. The van der Waals surface area contributed by atoms with Gasteiger partial charge >= 0.3 is 6.03 Å². The fourth-order valence-electron chi connectivity index (χ4n) is 2.30. The van der Waals surface area contributed by atoms with Crippen LogP contribution in [0.2, 0.25) is 5.02 Å². The van der Waals surface area contributed by atoms with Crippen molar-refractivity contribution in [3.05, 3.63) is 59.6 Å².